The van der Waals surface area contributed by atoms with Crippen molar-refractivity contribution in [3.63, 3.8) is 0 Å². The van der Waals surface area contributed by atoms with E-state index in [2.05, 4.69) is 20.4 Å². The lowest BCUT2D eigenvalue weighted by atomic mass is 9.79. The lowest BCUT2D eigenvalue weighted by Gasteiger charge is -2.37. The van der Waals surface area contributed by atoms with Gasteiger partial charge in [0, 0.05) is 38.6 Å². The number of carbonyl (C=O) groups is 1. The number of piperidine rings is 1. The maximum Gasteiger partial charge on any atom is 0.223 e. The van der Waals surface area contributed by atoms with E-state index in [1.807, 2.05) is 11.6 Å². The number of hydrogen-bond acceptors (Lipinski definition) is 6. The lowest BCUT2D eigenvalue weighted by Crippen LogP contribution is -2.48. The molecule has 0 radical (unpaired) electrons. The molecule has 25 heavy (non-hydrogen) atoms. The molecule has 1 aliphatic heterocycles. The highest BCUT2D eigenvalue weighted by Crippen LogP contribution is 2.36. The van der Waals surface area contributed by atoms with E-state index >= 15 is 0 Å². The first kappa shape index (κ1) is 18.3. The van der Waals surface area contributed by atoms with Crippen molar-refractivity contribution in [2.75, 3.05) is 33.4 Å². The van der Waals surface area contributed by atoms with E-state index in [1.165, 1.54) is 0 Å². The van der Waals surface area contributed by atoms with E-state index in [4.69, 9.17) is 4.74 Å². The Bertz CT molecular complexity index is 577. The zero-order valence-electron chi connectivity index (χ0n) is 15.1. The number of aliphatic hydroxyl groups is 1. The molecule has 2 N–H and O–H groups in total. The minimum absolute atomic E-state index is 0.0978. The third-order valence-electron chi connectivity index (χ3n) is 5.56. The van der Waals surface area contributed by atoms with Crippen molar-refractivity contribution >= 4 is 5.91 Å². The number of nitrogens with zero attached hydrogens (tertiary/aromatic N) is 4. The van der Waals surface area contributed by atoms with Gasteiger partial charge < -0.3 is 24.6 Å². The van der Waals surface area contributed by atoms with Crippen molar-refractivity contribution in [2.24, 2.45) is 13.0 Å². The fourth-order valence-corrected chi connectivity index (χ4v) is 3.77. The van der Waals surface area contributed by atoms with E-state index in [0.29, 0.717) is 11.7 Å². The molecule has 0 unspecified atom stereocenters. The number of carbonyl (C=O) groups excluding carboxylic acids is 1. The molecule has 1 saturated heterocycles. The monoisotopic (exact) mass is 351 g/mol. The van der Waals surface area contributed by atoms with Crippen LogP contribution in [0.1, 0.15) is 43.3 Å². The Hall–Kier alpha value is -1.51. The molecule has 0 atom stereocenters. The number of rotatable bonds is 7. The molecule has 3 rings (SSSR count). The predicted octanol–water partition coefficient (Wildman–Crippen LogP) is 0.0280. The minimum atomic E-state index is -0.0978. The molecule has 2 fully saturated rings. The van der Waals surface area contributed by atoms with Crippen LogP contribution in [0, 0.1) is 5.92 Å². The van der Waals surface area contributed by atoms with Gasteiger partial charge in [0.2, 0.25) is 5.91 Å². The van der Waals surface area contributed by atoms with E-state index < -0.39 is 0 Å². The number of amides is 1. The van der Waals surface area contributed by atoms with Crippen LogP contribution in [0.4, 0.5) is 0 Å². The van der Waals surface area contributed by atoms with Gasteiger partial charge in [-0.3, -0.25) is 4.79 Å². The first-order valence-electron chi connectivity index (χ1n) is 9.13. The fourth-order valence-electron chi connectivity index (χ4n) is 3.77. The first-order valence-corrected chi connectivity index (χ1v) is 9.13. The van der Waals surface area contributed by atoms with E-state index in [-0.39, 0.29) is 24.5 Å². The summed E-state index contributed by atoms with van der Waals surface area (Å²) in [5.41, 5.74) is 0. The highest BCUT2D eigenvalue weighted by molar-refractivity contribution is 5.79. The summed E-state index contributed by atoms with van der Waals surface area (Å²) in [4.78, 5) is 14.8. The SMILES string of the molecule is COCCN1CCC(C(=O)NC2CC(c3nnc(CO)n3C)C2)CC1. The molecule has 8 heteroatoms. The van der Waals surface area contributed by atoms with E-state index in [0.717, 1.165) is 57.7 Å². The van der Waals surface area contributed by atoms with Crippen LogP contribution < -0.4 is 5.32 Å². The van der Waals surface area contributed by atoms with Crippen LogP contribution in [0.15, 0.2) is 0 Å². The summed E-state index contributed by atoms with van der Waals surface area (Å²) in [5, 5.41) is 20.5. The van der Waals surface area contributed by atoms with Gasteiger partial charge in [0.15, 0.2) is 5.82 Å². The number of hydrogen-bond donors (Lipinski definition) is 2. The summed E-state index contributed by atoms with van der Waals surface area (Å²) in [6, 6.07) is 0.235. The van der Waals surface area contributed by atoms with Crippen LogP contribution in [-0.2, 0) is 23.2 Å². The Morgan fingerprint density at radius 2 is 2.04 bits per heavy atom. The van der Waals surface area contributed by atoms with Crippen LogP contribution in [0.3, 0.4) is 0 Å². The second-order valence-corrected chi connectivity index (χ2v) is 7.17. The number of aliphatic hydroxyl groups excluding tert-OH is 1. The van der Waals surface area contributed by atoms with Crippen LogP contribution in [0.5, 0.6) is 0 Å². The molecule has 0 spiro atoms. The molecule has 1 saturated carbocycles. The Morgan fingerprint density at radius 1 is 1.32 bits per heavy atom. The molecule has 2 heterocycles. The maximum absolute atomic E-state index is 12.5. The Labute approximate surface area is 148 Å². The molecular weight excluding hydrogens is 322 g/mol. The number of methoxy groups -OCH3 is 1. The number of likely N-dealkylation sites (tertiary alicyclic amines) is 1. The molecule has 1 amide bonds. The van der Waals surface area contributed by atoms with Crippen molar-refractivity contribution in [3.8, 4) is 0 Å². The quantitative estimate of drug-likeness (QED) is 0.720. The van der Waals surface area contributed by atoms with Crippen molar-refractivity contribution in [1.29, 1.82) is 0 Å². The van der Waals surface area contributed by atoms with Gasteiger partial charge in [-0.2, -0.15) is 0 Å². The second kappa shape index (κ2) is 8.25. The molecule has 1 aromatic heterocycles. The van der Waals surface area contributed by atoms with Gasteiger partial charge in [-0.15, -0.1) is 10.2 Å². The topological polar surface area (TPSA) is 92.5 Å². The zero-order valence-corrected chi connectivity index (χ0v) is 15.1. The van der Waals surface area contributed by atoms with Crippen LogP contribution in [-0.4, -0.2) is 70.1 Å². The summed E-state index contributed by atoms with van der Waals surface area (Å²) in [6.07, 6.45) is 3.65. The standard InChI is InChI=1S/C17H29N5O3/c1-21-15(11-23)19-20-16(21)13-9-14(10-13)18-17(24)12-3-5-22(6-4-12)7-8-25-2/h12-14,23H,3-11H2,1-2H3,(H,18,24). The van der Waals surface area contributed by atoms with Crippen LogP contribution in [0.2, 0.25) is 0 Å². The van der Waals surface area contributed by atoms with Gasteiger partial charge in [0.1, 0.15) is 12.4 Å². The second-order valence-electron chi connectivity index (χ2n) is 7.17. The van der Waals surface area contributed by atoms with Gasteiger partial charge in [-0.1, -0.05) is 0 Å². The average Bonchev–Trinajstić information content (AvgIpc) is 2.96. The van der Waals surface area contributed by atoms with E-state index in [1.54, 1.807) is 7.11 Å². The smallest absolute Gasteiger partial charge is 0.223 e. The third-order valence-corrected chi connectivity index (χ3v) is 5.56. The molecule has 8 nitrogen and oxygen atoms in total. The lowest BCUT2D eigenvalue weighted by molar-refractivity contribution is -0.127. The zero-order chi connectivity index (χ0) is 17.8. The van der Waals surface area contributed by atoms with Gasteiger partial charge in [-0.05, 0) is 38.8 Å². The van der Waals surface area contributed by atoms with E-state index in [9.17, 15) is 9.90 Å². The minimum Gasteiger partial charge on any atom is -0.388 e. The molecule has 2 aliphatic rings. The molecule has 140 valence electrons. The van der Waals surface area contributed by atoms with Crippen molar-refractivity contribution in [1.82, 2.24) is 25.0 Å². The number of aromatic nitrogens is 3. The molecular formula is C17H29N5O3. The highest BCUT2D eigenvalue weighted by Gasteiger charge is 2.36. The molecule has 1 aliphatic carbocycles. The van der Waals surface area contributed by atoms with Gasteiger partial charge >= 0.3 is 0 Å². The number of nitrogens with one attached hydrogen (secondary N) is 1. The predicted molar refractivity (Wildman–Crippen MR) is 91.9 cm³/mol. The van der Waals surface area contributed by atoms with Crippen molar-refractivity contribution in [2.45, 2.75) is 44.2 Å². The average molecular weight is 351 g/mol. The normalized spacial score (nSPS) is 24.9. The van der Waals surface area contributed by atoms with Crippen LogP contribution in [0.25, 0.3) is 0 Å². The summed E-state index contributed by atoms with van der Waals surface area (Å²) in [7, 11) is 3.60. The highest BCUT2D eigenvalue weighted by atomic mass is 16.5. The molecule has 0 aromatic carbocycles. The summed E-state index contributed by atoms with van der Waals surface area (Å²) >= 11 is 0. The van der Waals surface area contributed by atoms with Crippen LogP contribution >= 0.6 is 0 Å². The maximum atomic E-state index is 12.5. The fraction of sp³-hybridized carbons (Fsp3) is 0.824. The third kappa shape index (κ3) is 4.19. The molecule has 0 bridgehead atoms. The summed E-state index contributed by atoms with van der Waals surface area (Å²) < 4.78 is 6.97. The Kier molecular flexibility index (Phi) is 6.03. The van der Waals surface area contributed by atoms with Crippen molar-refractivity contribution in [3.05, 3.63) is 11.6 Å². The largest absolute Gasteiger partial charge is 0.388 e. The molecule has 1 aromatic rings. The van der Waals surface area contributed by atoms with Gasteiger partial charge in [0.25, 0.3) is 0 Å². The first-order chi connectivity index (χ1) is 12.1. The van der Waals surface area contributed by atoms with Crippen molar-refractivity contribution < 1.29 is 14.6 Å². The Morgan fingerprint density at radius 3 is 2.64 bits per heavy atom. The van der Waals surface area contributed by atoms with Gasteiger partial charge in [0.05, 0.1) is 6.61 Å². The number of ether oxygens (including phenoxy) is 1. The summed E-state index contributed by atoms with van der Waals surface area (Å²) in [5.74, 6) is 2.14. The summed E-state index contributed by atoms with van der Waals surface area (Å²) in [6.45, 7) is 3.54. The Balaban J connectivity index is 1.40. The van der Waals surface area contributed by atoms with Gasteiger partial charge in [-0.25, -0.2) is 0 Å².